The summed E-state index contributed by atoms with van der Waals surface area (Å²) in [5, 5.41) is 1.19. The Morgan fingerprint density at radius 1 is 1.28 bits per heavy atom. The molecule has 0 aliphatic heterocycles. The minimum Gasteiger partial charge on any atom is -0.293 e. The van der Waals surface area contributed by atoms with Gasteiger partial charge in [0.2, 0.25) is 0 Å². The summed E-state index contributed by atoms with van der Waals surface area (Å²) in [4.78, 5) is 12.1. The van der Waals surface area contributed by atoms with Crippen molar-refractivity contribution in [3.63, 3.8) is 0 Å². The smallest absolute Gasteiger partial charge is 0.178 e. The van der Waals surface area contributed by atoms with E-state index in [1.807, 2.05) is 5.38 Å². The summed E-state index contributed by atoms with van der Waals surface area (Å²) in [5.41, 5.74) is 0.383. The van der Waals surface area contributed by atoms with E-state index >= 15 is 0 Å². The third kappa shape index (κ3) is 2.73. The monoisotopic (exact) mass is 282 g/mol. The molecule has 1 aromatic heterocycles. The number of benzene rings is 1. The van der Waals surface area contributed by atoms with Crippen LogP contribution >= 0.6 is 11.3 Å². The van der Waals surface area contributed by atoms with Crippen molar-refractivity contribution in [1.82, 2.24) is 0 Å². The van der Waals surface area contributed by atoms with E-state index in [0.717, 1.165) is 0 Å². The lowest BCUT2D eigenvalue weighted by atomic mass is 10.1. The molecule has 0 saturated carbocycles. The molecule has 0 bridgehead atoms. The van der Waals surface area contributed by atoms with E-state index in [1.165, 1.54) is 35.6 Å². The molecule has 1 aromatic carbocycles. The van der Waals surface area contributed by atoms with Crippen LogP contribution in [0.5, 0.6) is 0 Å². The number of Topliss-reactive ketones (excluding diaryl/α,β-unsaturated/α-hetero) is 1. The normalized spacial score (nSPS) is 14.1. The minimum absolute atomic E-state index is 0.235. The van der Waals surface area contributed by atoms with Crippen molar-refractivity contribution in [3.05, 3.63) is 53.2 Å². The molecule has 2 aromatic rings. The van der Waals surface area contributed by atoms with Crippen LogP contribution in [0, 0.1) is 5.82 Å². The lowest BCUT2D eigenvalue weighted by Gasteiger charge is -2.09. The van der Waals surface area contributed by atoms with Gasteiger partial charge < -0.3 is 0 Å². The molecule has 2 atom stereocenters. The molecule has 0 fully saturated rings. The van der Waals surface area contributed by atoms with Crippen molar-refractivity contribution in [3.8, 4) is 0 Å². The first-order chi connectivity index (χ1) is 8.59. The second-order valence-corrected chi connectivity index (χ2v) is 6.69. The van der Waals surface area contributed by atoms with Crippen molar-refractivity contribution in [2.45, 2.75) is 16.4 Å². The summed E-state index contributed by atoms with van der Waals surface area (Å²) in [6, 6.07) is 8.84. The lowest BCUT2D eigenvalue weighted by molar-refractivity contribution is 0.0992. The number of halogens is 1. The van der Waals surface area contributed by atoms with Crippen molar-refractivity contribution in [2.75, 3.05) is 0 Å². The molecule has 0 saturated heterocycles. The zero-order chi connectivity index (χ0) is 13.1. The molecule has 0 amide bonds. The fourth-order valence-electron chi connectivity index (χ4n) is 1.50. The molecule has 94 valence electrons. The van der Waals surface area contributed by atoms with Crippen LogP contribution in [0.15, 0.2) is 46.0 Å². The van der Waals surface area contributed by atoms with Gasteiger partial charge in [0.1, 0.15) is 11.1 Å². The van der Waals surface area contributed by atoms with Crippen molar-refractivity contribution >= 4 is 27.9 Å². The van der Waals surface area contributed by atoms with Gasteiger partial charge in [0, 0.05) is 5.56 Å². The van der Waals surface area contributed by atoms with Gasteiger partial charge in [-0.15, -0.1) is 11.3 Å². The zero-order valence-corrected chi connectivity index (χ0v) is 11.3. The average molecular weight is 282 g/mol. The Morgan fingerprint density at radius 3 is 2.50 bits per heavy atom. The predicted molar refractivity (Wildman–Crippen MR) is 70.9 cm³/mol. The van der Waals surface area contributed by atoms with E-state index in [-0.39, 0.29) is 5.78 Å². The summed E-state index contributed by atoms with van der Waals surface area (Å²) >= 11 is 1.36. The van der Waals surface area contributed by atoms with E-state index in [4.69, 9.17) is 0 Å². The van der Waals surface area contributed by atoms with Gasteiger partial charge in [-0.2, -0.15) is 0 Å². The van der Waals surface area contributed by atoms with Crippen LogP contribution in [0.25, 0.3) is 0 Å². The summed E-state index contributed by atoms with van der Waals surface area (Å²) in [6.45, 7) is 1.63. The van der Waals surface area contributed by atoms with Crippen molar-refractivity contribution in [2.24, 2.45) is 0 Å². The van der Waals surface area contributed by atoms with E-state index in [0.29, 0.717) is 9.77 Å². The summed E-state index contributed by atoms with van der Waals surface area (Å²) in [6.07, 6.45) is 0. The molecular formula is C13H11FO2S2. The van der Waals surface area contributed by atoms with Crippen LogP contribution < -0.4 is 0 Å². The molecule has 2 nitrogen and oxygen atoms in total. The van der Waals surface area contributed by atoms with Crippen LogP contribution in [0.1, 0.15) is 17.3 Å². The Morgan fingerprint density at radius 2 is 1.94 bits per heavy atom. The third-order valence-corrected chi connectivity index (χ3v) is 5.34. The third-order valence-electron chi connectivity index (χ3n) is 2.51. The number of ketones is 1. The zero-order valence-electron chi connectivity index (χ0n) is 9.63. The molecule has 2 unspecified atom stereocenters. The first kappa shape index (κ1) is 13.1. The Hall–Kier alpha value is -1.33. The van der Waals surface area contributed by atoms with E-state index in [2.05, 4.69) is 0 Å². The Labute approximate surface area is 111 Å². The van der Waals surface area contributed by atoms with Gasteiger partial charge in [0.15, 0.2) is 5.78 Å². The molecule has 18 heavy (non-hydrogen) atoms. The van der Waals surface area contributed by atoms with Gasteiger partial charge in [-0.1, -0.05) is 6.07 Å². The van der Waals surface area contributed by atoms with Crippen LogP contribution in [0.2, 0.25) is 0 Å². The highest BCUT2D eigenvalue weighted by molar-refractivity contribution is 7.88. The van der Waals surface area contributed by atoms with Crippen LogP contribution in [-0.4, -0.2) is 15.2 Å². The van der Waals surface area contributed by atoms with Crippen LogP contribution in [0.3, 0.4) is 0 Å². The maximum absolute atomic E-state index is 12.8. The standard InChI is InChI=1S/C13H11FO2S2/c1-9(18(16)12-3-2-8-17-12)13(15)10-4-6-11(14)7-5-10/h2-9H,1H3. The average Bonchev–Trinajstić information content (AvgIpc) is 2.91. The van der Waals surface area contributed by atoms with Crippen molar-refractivity contribution < 1.29 is 13.4 Å². The van der Waals surface area contributed by atoms with E-state index in [9.17, 15) is 13.4 Å². The largest absolute Gasteiger partial charge is 0.293 e. The summed E-state index contributed by atoms with van der Waals surface area (Å²) < 4.78 is 25.6. The Kier molecular flexibility index (Phi) is 4.04. The molecule has 1 heterocycles. The molecule has 0 spiro atoms. The van der Waals surface area contributed by atoms with Gasteiger partial charge in [0.05, 0.1) is 15.0 Å². The van der Waals surface area contributed by atoms with Gasteiger partial charge in [-0.25, -0.2) is 4.39 Å². The highest BCUT2D eigenvalue weighted by Gasteiger charge is 2.23. The number of hydrogen-bond acceptors (Lipinski definition) is 3. The fraction of sp³-hybridized carbons (Fsp3) is 0.154. The molecule has 0 N–H and O–H groups in total. The van der Waals surface area contributed by atoms with E-state index in [1.54, 1.807) is 19.1 Å². The molecular weight excluding hydrogens is 271 g/mol. The van der Waals surface area contributed by atoms with Crippen molar-refractivity contribution in [1.29, 1.82) is 0 Å². The first-order valence-electron chi connectivity index (χ1n) is 5.33. The summed E-state index contributed by atoms with van der Waals surface area (Å²) in [5.74, 6) is -0.625. The maximum atomic E-state index is 12.8. The van der Waals surface area contributed by atoms with Crippen LogP contribution in [0.4, 0.5) is 4.39 Å². The molecule has 0 radical (unpaired) electrons. The number of carbonyl (C=O) groups is 1. The van der Waals surface area contributed by atoms with Gasteiger partial charge >= 0.3 is 0 Å². The van der Waals surface area contributed by atoms with Gasteiger partial charge in [0.25, 0.3) is 0 Å². The van der Waals surface area contributed by atoms with Crippen LogP contribution in [-0.2, 0) is 10.8 Å². The highest BCUT2D eigenvalue weighted by atomic mass is 32.2. The molecule has 0 aliphatic rings. The predicted octanol–water partition coefficient (Wildman–Crippen LogP) is 3.27. The fourth-order valence-corrected chi connectivity index (χ4v) is 3.82. The van der Waals surface area contributed by atoms with Gasteiger partial charge in [-0.3, -0.25) is 9.00 Å². The maximum Gasteiger partial charge on any atom is 0.178 e. The summed E-state index contributed by atoms with van der Waals surface area (Å²) in [7, 11) is -1.36. The Bertz CT molecular complexity index is 561. The number of hydrogen-bond donors (Lipinski definition) is 0. The number of carbonyl (C=O) groups excluding carboxylic acids is 1. The molecule has 0 aliphatic carbocycles. The quantitative estimate of drug-likeness (QED) is 0.807. The topological polar surface area (TPSA) is 34.1 Å². The highest BCUT2D eigenvalue weighted by Crippen LogP contribution is 2.19. The SMILES string of the molecule is CC(C(=O)c1ccc(F)cc1)S(=O)c1cccs1. The second kappa shape index (κ2) is 5.54. The number of thiophene rings is 1. The lowest BCUT2D eigenvalue weighted by Crippen LogP contribution is -2.22. The van der Waals surface area contributed by atoms with Gasteiger partial charge in [-0.05, 0) is 42.6 Å². The van der Waals surface area contributed by atoms with E-state index < -0.39 is 21.9 Å². The molecule has 5 heteroatoms. The minimum atomic E-state index is -1.36. The molecule has 2 rings (SSSR count). The second-order valence-electron chi connectivity index (χ2n) is 3.74. The first-order valence-corrected chi connectivity index (χ1v) is 7.42. The Balaban J connectivity index is 2.19. The number of rotatable bonds is 4.